The Morgan fingerprint density at radius 2 is 1.92 bits per heavy atom. The second kappa shape index (κ2) is 9.55. The lowest BCUT2D eigenvalue weighted by molar-refractivity contribution is -0.153. The summed E-state index contributed by atoms with van der Waals surface area (Å²) in [6, 6.07) is 8.85. The van der Waals surface area contributed by atoms with E-state index in [4.69, 9.17) is 9.47 Å². The molecular formula is C19H25NO4. The van der Waals surface area contributed by atoms with Gasteiger partial charge in [0.25, 0.3) is 0 Å². The summed E-state index contributed by atoms with van der Waals surface area (Å²) in [5, 5.41) is 2.75. The van der Waals surface area contributed by atoms with Crippen molar-refractivity contribution >= 4 is 12.1 Å². The predicted molar refractivity (Wildman–Crippen MR) is 93.3 cm³/mol. The molecule has 0 unspecified atom stereocenters. The van der Waals surface area contributed by atoms with Crippen LogP contribution in [0.1, 0.15) is 25.3 Å². The molecule has 24 heavy (non-hydrogen) atoms. The van der Waals surface area contributed by atoms with Gasteiger partial charge in [0.15, 0.2) is 0 Å². The average molecular weight is 331 g/mol. The highest BCUT2D eigenvalue weighted by molar-refractivity contribution is 5.79. The van der Waals surface area contributed by atoms with Crippen molar-refractivity contribution in [3.63, 3.8) is 0 Å². The van der Waals surface area contributed by atoms with E-state index < -0.39 is 23.5 Å². The van der Waals surface area contributed by atoms with Gasteiger partial charge in [-0.1, -0.05) is 42.5 Å². The maximum atomic E-state index is 12.2. The van der Waals surface area contributed by atoms with Crippen LogP contribution in [0.4, 0.5) is 4.79 Å². The van der Waals surface area contributed by atoms with Crippen LogP contribution in [0, 0.1) is 5.41 Å². The quantitative estimate of drug-likeness (QED) is 0.554. The fourth-order valence-corrected chi connectivity index (χ4v) is 2.45. The van der Waals surface area contributed by atoms with Gasteiger partial charge in [0.05, 0.1) is 18.6 Å². The molecule has 5 nitrogen and oxygen atoms in total. The molecule has 0 aliphatic rings. The lowest BCUT2D eigenvalue weighted by Crippen LogP contribution is -2.50. The van der Waals surface area contributed by atoms with Crippen molar-refractivity contribution in [1.82, 2.24) is 5.32 Å². The summed E-state index contributed by atoms with van der Waals surface area (Å²) in [6.07, 6.45) is 3.44. The van der Waals surface area contributed by atoms with Gasteiger partial charge >= 0.3 is 12.1 Å². The molecule has 1 aromatic rings. The summed E-state index contributed by atoms with van der Waals surface area (Å²) in [6.45, 7) is 9.26. The number of benzene rings is 1. The van der Waals surface area contributed by atoms with Crippen molar-refractivity contribution in [2.24, 2.45) is 5.41 Å². The van der Waals surface area contributed by atoms with Gasteiger partial charge in [-0.3, -0.25) is 4.79 Å². The van der Waals surface area contributed by atoms with Crippen LogP contribution < -0.4 is 5.32 Å². The predicted octanol–water partition coefficient (Wildman–Crippen LogP) is 3.61. The Morgan fingerprint density at radius 3 is 2.46 bits per heavy atom. The van der Waals surface area contributed by atoms with E-state index in [0.29, 0.717) is 12.8 Å². The number of ether oxygens (including phenoxy) is 2. The Labute approximate surface area is 143 Å². The minimum Gasteiger partial charge on any atom is -0.469 e. The molecular weight excluding hydrogens is 306 g/mol. The topological polar surface area (TPSA) is 64.6 Å². The number of hydrogen-bond donors (Lipinski definition) is 1. The molecule has 1 N–H and O–H groups in total. The van der Waals surface area contributed by atoms with Gasteiger partial charge in [-0.2, -0.15) is 0 Å². The van der Waals surface area contributed by atoms with Crippen LogP contribution in [-0.4, -0.2) is 25.2 Å². The van der Waals surface area contributed by atoms with Crippen LogP contribution in [0.15, 0.2) is 55.6 Å². The molecule has 0 spiro atoms. The van der Waals surface area contributed by atoms with Crippen molar-refractivity contribution < 1.29 is 19.1 Å². The van der Waals surface area contributed by atoms with Crippen molar-refractivity contribution in [2.75, 3.05) is 7.11 Å². The van der Waals surface area contributed by atoms with Gasteiger partial charge in [-0.25, -0.2) is 4.79 Å². The molecule has 1 aromatic carbocycles. The SMILES string of the molecule is C=CC[C@H](NC(=O)OCc1ccccc1)[C@@](C)(CC=C)C(=O)OC. The number of amides is 1. The van der Waals surface area contributed by atoms with E-state index in [9.17, 15) is 9.59 Å². The van der Waals surface area contributed by atoms with Crippen molar-refractivity contribution in [2.45, 2.75) is 32.4 Å². The molecule has 0 saturated heterocycles. The van der Waals surface area contributed by atoms with E-state index in [1.54, 1.807) is 19.1 Å². The van der Waals surface area contributed by atoms with Gasteiger partial charge in [0.1, 0.15) is 6.61 Å². The van der Waals surface area contributed by atoms with E-state index >= 15 is 0 Å². The molecule has 5 heteroatoms. The van der Waals surface area contributed by atoms with Crippen LogP contribution in [0.5, 0.6) is 0 Å². The second-order valence-electron chi connectivity index (χ2n) is 5.68. The van der Waals surface area contributed by atoms with Crippen molar-refractivity contribution in [3.05, 3.63) is 61.2 Å². The zero-order valence-electron chi connectivity index (χ0n) is 14.3. The molecule has 0 heterocycles. The van der Waals surface area contributed by atoms with E-state index in [0.717, 1.165) is 5.56 Å². The highest BCUT2D eigenvalue weighted by Crippen LogP contribution is 2.30. The fourth-order valence-electron chi connectivity index (χ4n) is 2.45. The third-order valence-corrected chi connectivity index (χ3v) is 3.90. The van der Waals surface area contributed by atoms with Gasteiger partial charge < -0.3 is 14.8 Å². The number of carbonyl (C=O) groups excluding carboxylic acids is 2. The van der Waals surface area contributed by atoms with Gasteiger partial charge in [-0.05, 0) is 25.3 Å². The lowest BCUT2D eigenvalue weighted by Gasteiger charge is -2.34. The number of allylic oxidation sites excluding steroid dienone is 1. The molecule has 0 bridgehead atoms. The normalized spacial score (nSPS) is 13.9. The third-order valence-electron chi connectivity index (χ3n) is 3.90. The zero-order chi connectivity index (χ0) is 18.0. The molecule has 0 fully saturated rings. The van der Waals surface area contributed by atoms with E-state index in [1.165, 1.54) is 7.11 Å². The first kappa shape index (κ1) is 19.5. The molecule has 0 aliphatic carbocycles. The van der Waals surface area contributed by atoms with Crippen LogP contribution in [0.3, 0.4) is 0 Å². The number of alkyl carbamates (subject to hydrolysis) is 1. The number of rotatable bonds is 9. The molecule has 130 valence electrons. The summed E-state index contributed by atoms with van der Waals surface area (Å²) >= 11 is 0. The molecule has 1 rings (SSSR count). The largest absolute Gasteiger partial charge is 0.469 e. The van der Waals surface area contributed by atoms with E-state index in [1.807, 2.05) is 30.3 Å². The van der Waals surface area contributed by atoms with Crippen LogP contribution >= 0.6 is 0 Å². The highest BCUT2D eigenvalue weighted by atomic mass is 16.5. The maximum Gasteiger partial charge on any atom is 0.407 e. The van der Waals surface area contributed by atoms with Crippen molar-refractivity contribution in [3.8, 4) is 0 Å². The summed E-state index contributed by atoms with van der Waals surface area (Å²) in [5.74, 6) is -0.419. The standard InChI is InChI=1S/C19H25NO4/c1-5-10-16(19(3,13-6-2)17(21)23-4)20-18(22)24-14-15-11-8-7-9-12-15/h5-9,11-12,16H,1-2,10,13-14H2,3-4H3,(H,20,22)/t16-,19+/m0/s1. The number of esters is 1. The fraction of sp³-hybridized carbons (Fsp3) is 0.368. The van der Waals surface area contributed by atoms with Crippen molar-refractivity contribution in [1.29, 1.82) is 0 Å². The molecule has 1 amide bonds. The molecule has 0 radical (unpaired) electrons. The first-order valence-corrected chi connectivity index (χ1v) is 7.75. The van der Waals surface area contributed by atoms with Crippen LogP contribution in [0.25, 0.3) is 0 Å². The summed E-state index contributed by atoms with van der Waals surface area (Å²) in [7, 11) is 1.32. The Balaban J connectivity index is 2.79. The Hall–Kier alpha value is -2.56. The number of carbonyl (C=O) groups is 2. The second-order valence-corrected chi connectivity index (χ2v) is 5.68. The summed E-state index contributed by atoms with van der Waals surface area (Å²) < 4.78 is 10.1. The Kier molecular flexibility index (Phi) is 7.75. The molecule has 0 aliphatic heterocycles. The van der Waals surface area contributed by atoms with Crippen LogP contribution in [0.2, 0.25) is 0 Å². The van der Waals surface area contributed by atoms with E-state index in [-0.39, 0.29) is 6.61 Å². The smallest absolute Gasteiger partial charge is 0.407 e. The van der Waals surface area contributed by atoms with Crippen LogP contribution in [-0.2, 0) is 20.9 Å². The number of hydrogen-bond acceptors (Lipinski definition) is 4. The first-order valence-electron chi connectivity index (χ1n) is 7.75. The summed E-state index contributed by atoms with van der Waals surface area (Å²) in [5.41, 5.74) is -0.0639. The highest BCUT2D eigenvalue weighted by Gasteiger charge is 2.42. The van der Waals surface area contributed by atoms with Gasteiger partial charge in [-0.15, -0.1) is 13.2 Å². The summed E-state index contributed by atoms with van der Waals surface area (Å²) in [4.78, 5) is 24.3. The third kappa shape index (κ3) is 5.26. The molecule has 0 saturated carbocycles. The number of methoxy groups -OCH3 is 1. The first-order chi connectivity index (χ1) is 11.5. The average Bonchev–Trinajstić information content (AvgIpc) is 2.59. The minimum atomic E-state index is -0.948. The Bertz CT molecular complexity index is 570. The van der Waals surface area contributed by atoms with Gasteiger partial charge in [0, 0.05) is 0 Å². The molecule has 0 aromatic heterocycles. The molecule has 2 atom stereocenters. The van der Waals surface area contributed by atoms with Gasteiger partial charge in [0.2, 0.25) is 0 Å². The minimum absolute atomic E-state index is 0.157. The monoisotopic (exact) mass is 331 g/mol. The zero-order valence-corrected chi connectivity index (χ0v) is 14.3. The van der Waals surface area contributed by atoms with E-state index in [2.05, 4.69) is 18.5 Å². The lowest BCUT2D eigenvalue weighted by atomic mass is 9.77. The Morgan fingerprint density at radius 1 is 1.25 bits per heavy atom. The number of nitrogens with one attached hydrogen (secondary N) is 1. The maximum absolute atomic E-state index is 12.2.